The summed E-state index contributed by atoms with van der Waals surface area (Å²) in [5.74, 6) is 0.648. The van der Waals surface area contributed by atoms with Crippen LogP contribution in [0.5, 0.6) is 5.75 Å². The van der Waals surface area contributed by atoms with Crippen LogP contribution in [-0.4, -0.2) is 31.6 Å². The van der Waals surface area contributed by atoms with Gasteiger partial charge in [0.05, 0.1) is 29.7 Å². The van der Waals surface area contributed by atoms with E-state index in [0.717, 1.165) is 6.07 Å². The van der Waals surface area contributed by atoms with Gasteiger partial charge in [0.1, 0.15) is 10.6 Å². The number of hydrogen-bond donors (Lipinski definition) is 1. The van der Waals surface area contributed by atoms with Crippen molar-refractivity contribution in [3.05, 3.63) is 75.8 Å². The first kappa shape index (κ1) is 23.8. The van der Waals surface area contributed by atoms with Gasteiger partial charge in [-0.1, -0.05) is 11.6 Å². The summed E-state index contributed by atoms with van der Waals surface area (Å²) >= 11 is 5.79. The average Bonchev–Trinajstić information content (AvgIpc) is 2.74. The van der Waals surface area contributed by atoms with Gasteiger partial charge in [0.15, 0.2) is 0 Å². The van der Waals surface area contributed by atoms with E-state index < -0.39 is 32.2 Å². The molecule has 0 aliphatic carbocycles. The Morgan fingerprint density at radius 1 is 1.12 bits per heavy atom. The number of methoxy groups -OCH3 is 1. The molecule has 0 aliphatic rings. The van der Waals surface area contributed by atoms with Gasteiger partial charge in [-0.15, -0.1) is 0 Å². The van der Waals surface area contributed by atoms with Crippen LogP contribution in [-0.2, 0) is 22.7 Å². The number of alkyl halides is 3. The molecule has 0 fully saturated rings. The summed E-state index contributed by atoms with van der Waals surface area (Å²) in [6.07, 6.45) is -3.47. The second-order valence-corrected chi connectivity index (χ2v) is 8.72. The van der Waals surface area contributed by atoms with Gasteiger partial charge in [0.2, 0.25) is 10.0 Å². The van der Waals surface area contributed by atoms with Crippen LogP contribution in [0.4, 0.5) is 13.2 Å². The predicted molar refractivity (Wildman–Crippen MR) is 112 cm³/mol. The van der Waals surface area contributed by atoms with E-state index >= 15 is 0 Å². The lowest BCUT2D eigenvalue weighted by molar-refractivity contribution is -0.137. The Bertz CT molecular complexity index is 1280. The second kappa shape index (κ2) is 9.31. The molecule has 0 aliphatic heterocycles. The van der Waals surface area contributed by atoms with Gasteiger partial charge in [0.25, 0.3) is 5.56 Å². The minimum atomic E-state index is -4.72. The highest BCUT2D eigenvalue weighted by molar-refractivity contribution is 7.89. The molecule has 0 radical (unpaired) electrons. The SMILES string of the molecule is COc1ccc(-c2cc(=O)n(CCNS(=O)(=O)c3cc(C(F)(F)F)ccc3Cl)cn2)cc1. The van der Waals surface area contributed by atoms with Crippen molar-refractivity contribution in [2.45, 2.75) is 17.6 Å². The third kappa shape index (κ3) is 5.47. The first-order valence-electron chi connectivity index (χ1n) is 9.08. The topological polar surface area (TPSA) is 90.3 Å². The van der Waals surface area contributed by atoms with Crippen molar-refractivity contribution >= 4 is 21.6 Å². The Kier molecular flexibility index (Phi) is 6.91. The Labute approximate surface area is 186 Å². The molecule has 32 heavy (non-hydrogen) atoms. The van der Waals surface area contributed by atoms with Gasteiger partial charge in [0, 0.05) is 24.7 Å². The van der Waals surface area contributed by atoms with E-state index in [9.17, 15) is 26.4 Å². The molecule has 12 heteroatoms. The monoisotopic (exact) mass is 487 g/mol. The molecule has 0 unspecified atom stereocenters. The molecule has 170 valence electrons. The number of aromatic nitrogens is 2. The molecule has 0 amide bonds. The van der Waals surface area contributed by atoms with Crippen molar-refractivity contribution in [3.8, 4) is 17.0 Å². The molecule has 3 rings (SSSR count). The molecule has 0 atom stereocenters. The van der Waals surface area contributed by atoms with Crippen LogP contribution in [0.3, 0.4) is 0 Å². The zero-order chi connectivity index (χ0) is 23.5. The van der Waals surface area contributed by atoms with E-state index in [1.165, 1.54) is 24.1 Å². The maximum atomic E-state index is 12.9. The van der Waals surface area contributed by atoms with Crippen LogP contribution in [0.1, 0.15) is 5.56 Å². The quantitative estimate of drug-likeness (QED) is 0.550. The minimum Gasteiger partial charge on any atom is -0.497 e. The number of hydrogen-bond acceptors (Lipinski definition) is 5. The summed E-state index contributed by atoms with van der Waals surface area (Å²) in [4.78, 5) is 15.8. The van der Waals surface area contributed by atoms with E-state index in [0.29, 0.717) is 29.1 Å². The largest absolute Gasteiger partial charge is 0.497 e. The minimum absolute atomic E-state index is 0.0927. The Balaban J connectivity index is 1.71. The first-order chi connectivity index (χ1) is 15.0. The van der Waals surface area contributed by atoms with E-state index in [4.69, 9.17) is 16.3 Å². The predicted octanol–water partition coefficient (Wildman–Crippen LogP) is 3.57. The number of nitrogens with zero attached hydrogens (tertiary/aromatic N) is 2. The van der Waals surface area contributed by atoms with Crippen molar-refractivity contribution in [2.75, 3.05) is 13.7 Å². The zero-order valence-electron chi connectivity index (χ0n) is 16.6. The van der Waals surface area contributed by atoms with Gasteiger partial charge in [-0.2, -0.15) is 13.2 Å². The number of sulfonamides is 1. The number of nitrogens with one attached hydrogen (secondary N) is 1. The molecular weight excluding hydrogens is 471 g/mol. The third-order valence-electron chi connectivity index (χ3n) is 4.46. The van der Waals surface area contributed by atoms with E-state index in [1.807, 2.05) is 0 Å². The molecule has 1 N–H and O–H groups in total. The van der Waals surface area contributed by atoms with E-state index in [2.05, 4.69) is 9.71 Å². The summed E-state index contributed by atoms with van der Waals surface area (Å²) < 4.78 is 71.9. The van der Waals surface area contributed by atoms with Crippen LogP contribution in [0, 0.1) is 0 Å². The normalized spacial score (nSPS) is 12.0. The van der Waals surface area contributed by atoms with Crippen LogP contribution in [0.2, 0.25) is 5.02 Å². The molecule has 2 aromatic carbocycles. The lowest BCUT2D eigenvalue weighted by Gasteiger charge is -2.12. The van der Waals surface area contributed by atoms with Gasteiger partial charge in [-0.25, -0.2) is 18.1 Å². The van der Waals surface area contributed by atoms with Crippen molar-refractivity contribution < 1.29 is 26.3 Å². The highest BCUT2D eigenvalue weighted by atomic mass is 35.5. The molecule has 3 aromatic rings. The lowest BCUT2D eigenvalue weighted by atomic mass is 10.1. The fraction of sp³-hybridized carbons (Fsp3) is 0.200. The molecule has 1 heterocycles. The molecule has 0 bridgehead atoms. The van der Waals surface area contributed by atoms with Crippen molar-refractivity contribution in [1.29, 1.82) is 0 Å². The summed E-state index contributed by atoms with van der Waals surface area (Å²) in [5.41, 5.74) is -0.459. The van der Waals surface area contributed by atoms with Crippen molar-refractivity contribution in [2.24, 2.45) is 0 Å². The smallest absolute Gasteiger partial charge is 0.416 e. The maximum Gasteiger partial charge on any atom is 0.416 e. The summed E-state index contributed by atoms with van der Waals surface area (Å²) in [6, 6.07) is 10.2. The molecular formula is C20H17ClF3N3O4S. The molecule has 0 spiro atoms. The third-order valence-corrected chi connectivity index (χ3v) is 6.40. The van der Waals surface area contributed by atoms with Crippen LogP contribution in [0.25, 0.3) is 11.3 Å². The Morgan fingerprint density at radius 3 is 2.41 bits per heavy atom. The molecule has 7 nitrogen and oxygen atoms in total. The number of rotatable bonds is 7. The second-order valence-electron chi connectivity index (χ2n) is 6.58. The van der Waals surface area contributed by atoms with Crippen LogP contribution in [0.15, 0.2) is 64.5 Å². The summed E-state index contributed by atoms with van der Waals surface area (Å²) in [6.45, 7) is -0.358. The van der Waals surface area contributed by atoms with Gasteiger partial charge < -0.3 is 4.74 Å². The number of halogens is 4. The zero-order valence-corrected chi connectivity index (χ0v) is 18.1. The van der Waals surface area contributed by atoms with Gasteiger partial charge in [-0.3, -0.25) is 9.36 Å². The number of benzene rings is 2. The lowest BCUT2D eigenvalue weighted by Crippen LogP contribution is -2.31. The van der Waals surface area contributed by atoms with Crippen molar-refractivity contribution in [3.63, 3.8) is 0 Å². The highest BCUT2D eigenvalue weighted by Crippen LogP contribution is 2.33. The Hall–Kier alpha value is -2.89. The highest BCUT2D eigenvalue weighted by Gasteiger charge is 2.32. The van der Waals surface area contributed by atoms with E-state index in [-0.39, 0.29) is 18.1 Å². The summed E-state index contributed by atoms with van der Waals surface area (Å²) in [5, 5.41) is -0.354. The maximum absolute atomic E-state index is 12.9. The van der Waals surface area contributed by atoms with Crippen LogP contribution >= 0.6 is 11.6 Å². The summed E-state index contributed by atoms with van der Waals surface area (Å²) in [7, 11) is -2.81. The van der Waals surface area contributed by atoms with Crippen molar-refractivity contribution in [1.82, 2.24) is 14.3 Å². The fourth-order valence-electron chi connectivity index (χ4n) is 2.78. The van der Waals surface area contributed by atoms with Crippen LogP contribution < -0.4 is 15.0 Å². The van der Waals surface area contributed by atoms with Gasteiger partial charge in [-0.05, 0) is 42.5 Å². The molecule has 1 aromatic heterocycles. The van der Waals surface area contributed by atoms with E-state index in [1.54, 1.807) is 24.3 Å². The average molecular weight is 488 g/mol. The number of ether oxygens (including phenoxy) is 1. The molecule has 0 saturated heterocycles. The molecule has 0 saturated carbocycles. The first-order valence-corrected chi connectivity index (χ1v) is 10.9. The van der Waals surface area contributed by atoms with Gasteiger partial charge >= 0.3 is 6.18 Å². The standard InChI is InChI=1S/C20H17ClF3N3O4S/c1-31-15-5-2-13(3-6-15)17-11-19(28)27(12-25-17)9-8-26-32(29,30)18-10-14(20(22,23)24)4-7-16(18)21/h2-7,10-12,26H,8-9H2,1H3. The fourth-order valence-corrected chi connectivity index (χ4v) is 4.32. The Morgan fingerprint density at radius 2 is 1.81 bits per heavy atom.